The van der Waals surface area contributed by atoms with Crippen LogP contribution in [0.2, 0.25) is 0 Å². The lowest BCUT2D eigenvalue weighted by Crippen LogP contribution is -2.52. The molecule has 2 amide bonds. The van der Waals surface area contributed by atoms with Crippen LogP contribution in [0.15, 0.2) is 70.0 Å². The van der Waals surface area contributed by atoms with Gasteiger partial charge in [0.15, 0.2) is 11.5 Å². The zero-order chi connectivity index (χ0) is 26.6. The number of nitrogens with one attached hydrogen (secondary N) is 2. The van der Waals surface area contributed by atoms with E-state index in [0.717, 1.165) is 9.69 Å². The molecule has 4 rings (SSSR count). The summed E-state index contributed by atoms with van der Waals surface area (Å²) >= 11 is 0. The van der Waals surface area contributed by atoms with Crippen molar-refractivity contribution in [1.29, 1.82) is 0 Å². The van der Waals surface area contributed by atoms with E-state index < -0.39 is 39.7 Å². The lowest BCUT2D eigenvalue weighted by atomic mass is 10.0. The molecule has 37 heavy (non-hydrogen) atoms. The van der Waals surface area contributed by atoms with Crippen LogP contribution in [0, 0.1) is 5.92 Å². The Morgan fingerprint density at radius 1 is 1.08 bits per heavy atom. The van der Waals surface area contributed by atoms with Gasteiger partial charge in [-0.15, -0.1) is 0 Å². The monoisotopic (exact) mass is 525 g/mol. The largest absolute Gasteiger partial charge is 0.451 e. The number of carbonyl (C=O) groups is 3. The first kappa shape index (κ1) is 26.6. The number of fused-ring (bicyclic) bond motifs is 1. The second-order valence-corrected chi connectivity index (χ2v) is 11.6. The normalized spacial score (nSPS) is 17.9. The number of hydrogen-bond acceptors (Lipinski definition) is 6. The molecule has 0 bridgehead atoms. The molecule has 9 nitrogen and oxygen atoms in total. The molecule has 1 aliphatic heterocycles. The number of ketones is 1. The van der Waals surface area contributed by atoms with Crippen molar-refractivity contribution >= 4 is 38.6 Å². The number of para-hydroxylation sites is 1. The standard InChI is InChI=1S/C27H31N3O6S/c1-18(2)15-22(29-27(33)25-16-19-9-6-7-13-24(19)36-25)26(32)28-21-12-8-14-30(17-23(21)31)37(34,35)20-10-4-3-5-11-20/h3-7,9-11,13,16,18,21-22H,8,12,14-15,17H2,1-2H3,(H,28,32)(H,29,33)/t21-,22?/m0/s1. The van der Waals surface area contributed by atoms with E-state index in [1.54, 1.807) is 36.4 Å². The molecule has 2 atom stereocenters. The van der Waals surface area contributed by atoms with Crippen molar-refractivity contribution < 1.29 is 27.2 Å². The average molecular weight is 526 g/mol. The lowest BCUT2D eigenvalue weighted by Gasteiger charge is -2.23. The number of furan rings is 1. The van der Waals surface area contributed by atoms with Crippen LogP contribution >= 0.6 is 0 Å². The third kappa shape index (κ3) is 6.26. The Hall–Kier alpha value is -3.50. The first-order valence-electron chi connectivity index (χ1n) is 12.3. The second kappa shape index (κ2) is 11.3. The highest BCUT2D eigenvalue weighted by atomic mass is 32.2. The predicted molar refractivity (Wildman–Crippen MR) is 138 cm³/mol. The highest BCUT2D eigenvalue weighted by Gasteiger charge is 2.34. The summed E-state index contributed by atoms with van der Waals surface area (Å²) in [4.78, 5) is 39.2. The zero-order valence-electron chi connectivity index (χ0n) is 20.8. The van der Waals surface area contributed by atoms with Gasteiger partial charge in [-0.3, -0.25) is 14.4 Å². The van der Waals surface area contributed by atoms with Gasteiger partial charge in [-0.2, -0.15) is 4.31 Å². The number of hydrogen-bond donors (Lipinski definition) is 2. The summed E-state index contributed by atoms with van der Waals surface area (Å²) in [6, 6.07) is 15.1. The summed E-state index contributed by atoms with van der Waals surface area (Å²) in [5.74, 6) is -1.23. The van der Waals surface area contributed by atoms with E-state index in [1.807, 2.05) is 26.0 Å². The molecule has 0 spiro atoms. The minimum atomic E-state index is -3.83. The van der Waals surface area contributed by atoms with E-state index in [9.17, 15) is 22.8 Å². The zero-order valence-corrected chi connectivity index (χ0v) is 21.7. The van der Waals surface area contributed by atoms with E-state index in [0.29, 0.717) is 24.8 Å². The molecule has 0 saturated carbocycles. The molecule has 1 saturated heterocycles. The van der Waals surface area contributed by atoms with Gasteiger partial charge in [-0.25, -0.2) is 8.42 Å². The fraction of sp³-hybridized carbons (Fsp3) is 0.370. The molecule has 1 aliphatic rings. The van der Waals surface area contributed by atoms with Crippen molar-refractivity contribution in [2.45, 2.75) is 50.1 Å². The van der Waals surface area contributed by atoms with Crippen LogP contribution in [0.4, 0.5) is 0 Å². The van der Waals surface area contributed by atoms with Gasteiger partial charge in [0.25, 0.3) is 5.91 Å². The Morgan fingerprint density at radius 2 is 1.78 bits per heavy atom. The molecule has 1 aromatic heterocycles. The Bertz CT molecular complexity index is 1350. The van der Waals surface area contributed by atoms with E-state index in [4.69, 9.17) is 4.42 Å². The van der Waals surface area contributed by atoms with E-state index in [-0.39, 0.29) is 29.7 Å². The van der Waals surface area contributed by atoms with Gasteiger partial charge in [0.1, 0.15) is 11.6 Å². The van der Waals surface area contributed by atoms with Crippen molar-refractivity contribution in [2.24, 2.45) is 5.92 Å². The summed E-state index contributed by atoms with van der Waals surface area (Å²) in [6.45, 7) is 3.70. The van der Waals surface area contributed by atoms with Crippen molar-refractivity contribution in [1.82, 2.24) is 14.9 Å². The molecule has 2 N–H and O–H groups in total. The molecule has 2 aromatic carbocycles. The fourth-order valence-electron chi connectivity index (χ4n) is 4.39. The summed E-state index contributed by atoms with van der Waals surface area (Å²) < 4.78 is 32.8. The van der Waals surface area contributed by atoms with Crippen molar-refractivity contribution in [3.05, 3.63) is 66.4 Å². The number of benzene rings is 2. The molecule has 3 aromatic rings. The maximum Gasteiger partial charge on any atom is 0.287 e. The number of Topliss-reactive ketones (excluding diaryl/α,β-unsaturated/α-hetero) is 1. The van der Waals surface area contributed by atoms with Gasteiger partial charge in [0.05, 0.1) is 17.5 Å². The third-order valence-electron chi connectivity index (χ3n) is 6.30. The van der Waals surface area contributed by atoms with Crippen LogP contribution in [-0.2, 0) is 19.6 Å². The summed E-state index contributed by atoms with van der Waals surface area (Å²) in [5.41, 5.74) is 0.566. The van der Waals surface area contributed by atoms with Crippen LogP contribution in [0.25, 0.3) is 11.0 Å². The summed E-state index contributed by atoms with van der Waals surface area (Å²) in [7, 11) is -3.83. The lowest BCUT2D eigenvalue weighted by molar-refractivity contribution is -0.129. The predicted octanol–water partition coefficient (Wildman–Crippen LogP) is 3.12. The minimum Gasteiger partial charge on any atom is -0.451 e. The molecule has 0 aliphatic carbocycles. The van der Waals surface area contributed by atoms with Gasteiger partial charge in [-0.05, 0) is 49.4 Å². The summed E-state index contributed by atoms with van der Waals surface area (Å²) in [5, 5.41) is 6.27. The molecule has 1 fully saturated rings. The number of sulfonamides is 1. The maximum atomic E-state index is 13.2. The Kier molecular flexibility index (Phi) is 8.09. The first-order chi connectivity index (χ1) is 17.6. The SMILES string of the molecule is CC(C)CC(NC(=O)c1cc2ccccc2o1)C(=O)N[C@H]1CCCN(S(=O)(=O)c2ccccc2)CC1=O. The highest BCUT2D eigenvalue weighted by Crippen LogP contribution is 2.21. The minimum absolute atomic E-state index is 0.0862. The van der Waals surface area contributed by atoms with Gasteiger partial charge in [0.2, 0.25) is 15.9 Å². The molecular weight excluding hydrogens is 494 g/mol. The Balaban J connectivity index is 1.44. The quantitative estimate of drug-likeness (QED) is 0.466. The number of rotatable bonds is 8. The Morgan fingerprint density at radius 3 is 2.49 bits per heavy atom. The summed E-state index contributed by atoms with van der Waals surface area (Å²) in [6.07, 6.45) is 1.06. The number of amides is 2. The molecule has 2 heterocycles. The van der Waals surface area contributed by atoms with Crippen molar-refractivity contribution in [2.75, 3.05) is 13.1 Å². The van der Waals surface area contributed by atoms with E-state index in [2.05, 4.69) is 10.6 Å². The second-order valence-electron chi connectivity index (χ2n) is 9.63. The van der Waals surface area contributed by atoms with Gasteiger partial charge < -0.3 is 15.1 Å². The van der Waals surface area contributed by atoms with Crippen LogP contribution < -0.4 is 10.6 Å². The molecule has 196 valence electrons. The van der Waals surface area contributed by atoms with Gasteiger partial charge >= 0.3 is 0 Å². The maximum absolute atomic E-state index is 13.2. The van der Waals surface area contributed by atoms with Crippen LogP contribution in [-0.4, -0.2) is 55.5 Å². The van der Waals surface area contributed by atoms with Crippen LogP contribution in [0.5, 0.6) is 0 Å². The van der Waals surface area contributed by atoms with Crippen LogP contribution in [0.1, 0.15) is 43.7 Å². The van der Waals surface area contributed by atoms with Gasteiger partial charge in [0, 0.05) is 11.9 Å². The van der Waals surface area contributed by atoms with E-state index >= 15 is 0 Å². The molecule has 0 radical (unpaired) electrons. The first-order valence-corrected chi connectivity index (χ1v) is 13.8. The van der Waals surface area contributed by atoms with Crippen molar-refractivity contribution in [3.63, 3.8) is 0 Å². The topological polar surface area (TPSA) is 126 Å². The number of nitrogens with zero attached hydrogens (tertiary/aromatic N) is 1. The molecular formula is C27H31N3O6S. The highest BCUT2D eigenvalue weighted by molar-refractivity contribution is 7.89. The fourth-order valence-corrected chi connectivity index (χ4v) is 5.86. The molecule has 1 unspecified atom stereocenters. The van der Waals surface area contributed by atoms with E-state index in [1.165, 1.54) is 12.1 Å². The third-order valence-corrected chi connectivity index (χ3v) is 8.16. The average Bonchev–Trinajstić information content (AvgIpc) is 3.23. The van der Waals surface area contributed by atoms with Gasteiger partial charge in [-0.1, -0.05) is 50.2 Å². The molecule has 10 heteroatoms. The Labute approximate surface area is 216 Å². The van der Waals surface area contributed by atoms with Crippen LogP contribution in [0.3, 0.4) is 0 Å². The smallest absolute Gasteiger partial charge is 0.287 e. The number of carbonyl (C=O) groups excluding carboxylic acids is 3. The van der Waals surface area contributed by atoms with Crippen molar-refractivity contribution in [3.8, 4) is 0 Å².